The lowest BCUT2D eigenvalue weighted by Crippen LogP contribution is -2.44. The number of non-ortho nitro benzene ring substituents is 1. The van der Waals surface area contributed by atoms with E-state index in [1.807, 2.05) is 0 Å². The fourth-order valence-corrected chi connectivity index (χ4v) is 2.71. The van der Waals surface area contributed by atoms with Crippen molar-refractivity contribution in [1.82, 2.24) is 5.32 Å². The van der Waals surface area contributed by atoms with Crippen molar-refractivity contribution in [1.29, 1.82) is 0 Å². The highest BCUT2D eigenvalue weighted by Gasteiger charge is 2.31. The number of carboxylic acids is 1. The van der Waals surface area contributed by atoms with E-state index >= 15 is 0 Å². The molecule has 0 aliphatic heterocycles. The van der Waals surface area contributed by atoms with E-state index in [-0.39, 0.29) is 22.6 Å². The number of carboxylic acid groups (broad SMARTS) is 1. The number of aliphatic carboxylic acids is 1. The minimum atomic E-state index is -4.60. The summed E-state index contributed by atoms with van der Waals surface area (Å²) >= 11 is 0. The fourth-order valence-electron chi connectivity index (χ4n) is 2.71. The van der Waals surface area contributed by atoms with Crippen molar-refractivity contribution in [3.8, 4) is 5.75 Å². The molecule has 31 heavy (non-hydrogen) atoms. The van der Waals surface area contributed by atoms with Gasteiger partial charge in [-0.2, -0.15) is 13.2 Å². The van der Waals surface area contributed by atoms with Crippen molar-refractivity contribution in [3.05, 3.63) is 69.3 Å². The molecule has 0 heterocycles. The van der Waals surface area contributed by atoms with Crippen LogP contribution in [0.1, 0.15) is 22.8 Å². The van der Waals surface area contributed by atoms with Crippen molar-refractivity contribution >= 4 is 17.6 Å². The highest BCUT2D eigenvalue weighted by atomic mass is 19.4. The number of nitrogens with one attached hydrogen (secondary N) is 1. The van der Waals surface area contributed by atoms with E-state index in [4.69, 9.17) is 4.74 Å². The van der Waals surface area contributed by atoms with Gasteiger partial charge in [0.05, 0.1) is 17.6 Å². The number of methoxy groups -OCH3 is 1. The summed E-state index contributed by atoms with van der Waals surface area (Å²) in [5.41, 5.74) is -1.36. The smallest absolute Gasteiger partial charge is 0.416 e. The van der Waals surface area contributed by atoms with Crippen LogP contribution in [0.3, 0.4) is 0 Å². The van der Waals surface area contributed by atoms with E-state index in [0.29, 0.717) is 12.1 Å². The van der Waals surface area contributed by atoms with Crippen molar-refractivity contribution in [3.63, 3.8) is 0 Å². The summed E-state index contributed by atoms with van der Waals surface area (Å²) in [6, 6.07) is 5.05. The van der Waals surface area contributed by atoms with Crippen LogP contribution in [0.15, 0.2) is 42.5 Å². The summed E-state index contributed by atoms with van der Waals surface area (Å²) in [5, 5.41) is 32.5. The topological polar surface area (TPSA) is 139 Å². The van der Waals surface area contributed by atoms with Gasteiger partial charge in [0.1, 0.15) is 11.8 Å². The largest absolute Gasteiger partial charge is 0.496 e. The Kier molecular flexibility index (Phi) is 7.18. The van der Waals surface area contributed by atoms with Crippen LogP contribution in [0.5, 0.6) is 5.75 Å². The lowest BCUT2D eigenvalue weighted by molar-refractivity contribution is -0.384. The van der Waals surface area contributed by atoms with Crippen LogP contribution < -0.4 is 10.1 Å². The molecule has 0 unspecified atom stereocenters. The molecule has 1 amide bonds. The first-order chi connectivity index (χ1) is 14.4. The van der Waals surface area contributed by atoms with Crippen LogP contribution in [-0.4, -0.2) is 40.2 Å². The highest BCUT2D eigenvalue weighted by molar-refractivity contribution is 5.87. The van der Waals surface area contributed by atoms with Crippen molar-refractivity contribution in [2.24, 2.45) is 0 Å². The minimum Gasteiger partial charge on any atom is -0.496 e. The van der Waals surface area contributed by atoms with E-state index in [2.05, 4.69) is 5.32 Å². The molecule has 2 aromatic carbocycles. The number of benzene rings is 2. The molecule has 0 fully saturated rings. The number of hydrogen-bond acceptors (Lipinski definition) is 6. The number of aliphatic hydroxyl groups is 1. The molecule has 166 valence electrons. The van der Waals surface area contributed by atoms with E-state index in [1.165, 1.54) is 13.2 Å². The predicted octanol–water partition coefficient (Wildman–Crippen LogP) is 2.47. The second-order valence-electron chi connectivity index (χ2n) is 6.38. The molecule has 0 aliphatic rings. The molecule has 2 atom stereocenters. The van der Waals surface area contributed by atoms with E-state index < -0.39 is 47.1 Å². The molecule has 0 aliphatic carbocycles. The number of carbonyl (C=O) groups is 2. The number of aliphatic hydroxyl groups excluding tert-OH is 1. The number of ether oxygens (including phenoxy) is 1. The molecular formula is C19H17F3N2O7. The third-order valence-electron chi connectivity index (χ3n) is 4.32. The zero-order valence-electron chi connectivity index (χ0n) is 15.9. The summed E-state index contributed by atoms with van der Waals surface area (Å²) in [6.07, 6.45) is -6.94. The Labute approximate surface area is 173 Å². The molecule has 3 N–H and O–H groups in total. The molecule has 0 aromatic heterocycles. The van der Waals surface area contributed by atoms with Crippen LogP contribution >= 0.6 is 0 Å². The van der Waals surface area contributed by atoms with Gasteiger partial charge in [0.2, 0.25) is 0 Å². The number of amides is 1. The van der Waals surface area contributed by atoms with Crippen LogP contribution in [0, 0.1) is 10.1 Å². The van der Waals surface area contributed by atoms with Crippen LogP contribution in [0.25, 0.3) is 0 Å². The molecule has 0 spiro atoms. The van der Waals surface area contributed by atoms with Gasteiger partial charge in [-0.1, -0.05) is 12.1 Å². The van der Waals surface area contributed by atoms with Gasteiger partial charge < -0.3 is 20.3 Å². The van der Waals surface area contributed by atoms with Crippen molar-refractivity contribution in [2.45, 2.75) is 24.7 Å². The molecule has 0 saturated carbocycles. The number of hydrogen-bond donors (Lipinski definition) is 3. The predicted molar refractivity (Wildman–Crippen MR) is 99.3 cm³/mol. The molecule has 0 bridgehead atoms. The second kappa shape index (κ2) is 9.43. The molecule has 2 aromatic rings. The SMILES string of the molecule is COc1ccc([N+](=O)[O-])cc1C[C@H](NC(=O)[C@@H](O)c1ccc(C(F)(F)F)cc1)C(=O)O. The number of carbonyl (C=O) groups excluding carboxylic acids is 1. The molecule has 12 heteroatoms. The fraction of sp³-hybridized carbons (Fsp3) is 0.263. The third-order valence-corrected chi connectivity index (χ3v) is 4.32. The zero-order valence-corrected chi connectivity index (χ0v) is 15.9. The first-order valence-corrected chi connectivity index (χ1v) is 8.63. The van der Waals surface area contributed by atoms with Gasteiger partial charge in [-0.05, 0) is 23.8 Å². The van der Waals surface area contributed by atoms with E-state index in [1.54, 1.807) is 0 Å². The monoisotopic (exact) mass is 442 g/mol. The minimum absolute atomic E-state index is 0.119. The summed E-state index contributed by atoms with van der Waals surface area (Å²) in [5.74, 6) is -2.52. The second-order valence-corrected chi connectivity index (χ2v) is 6.38. The Hall–Kier alpha value is -3.67. The third kappa shape index (κ3) is 5.92. The van der Waals surface area contributed by atoms with E-state index in [0.717, 1.165) is 24.3 Å². The quantitative estimate of drug-likeness (QED) is 0.422. The summed E-state index contributed by atoms with van der Waals surface area (Å²) in [7, 11) is 1.27. The number of rotatable bonds is 8. The number of nitro groups is 1. The lowest BCUT2D eigenvalue weighted by atomic mass is 10.0. The van der Waals surface area contributed by atoms with Crippen LogP contribution in [-0.2, 0) is 22.2 Å². The normalized spacial score (nSPS) is 13.2. The number of nitrogens with zero attached hydrogens (tertiary/aromatic N) is 1. The van der Waals surface area contributed by atoms with Gasteiger partial charge in [0.15, 0.2) is 6.10 Å². The summed E-state index contributed by atoms with van der Waals surface area (Å²) < 4.78 is 42.9. The molecule has 0 saturated heterocycles. The van der Waals surface area contributed by atoms with Gasteiger partial charge in [-0.15, -0.1) is 0 Å². The summed E-state index contributed by atoms with van der Waals surface area (Å²) in [4.78, 5) is 34.1. The Balaban J connectivity index is 2.20. The number of alkyl halides is 3. The highest BCUT2D eigenvalue weighted by Crippen LogP contribution is 2.30. The van der Waals surface area contributed by atoms with Crippen LogP contribution in [0.2, 0.25) is 0 Å². The Morgan fingerprint density at radius 3 is 2.29 bits per heavy atom. The Bertz CT molecular complexity index is 977. The molecule has 9 nitrogen and oxygen atoms in total. The molecule has 2 rings (SSSR count). The van der Waals surface area contributed by atoms with Gasteiger partial charge in [-0.25, -0.2) is 4.79 Å². The van der Waals surface area contributed by atoms with Crippen molar-refractivity contribution < 1.29 is 42.6 Å². The van der Waals surface area contributed by atoms with Gasteiger partial charge in [0.25, 0.3) is 11.6 Å². The Morgan fingerprint density at radius 2 is 1.81 bits per heavy atom. The maximum atomic E-state index is 12.6. The van der Waals surface area contributed by atoms with Crippen molar-refractivity contribution in [2.75, 3.05) is 7.11 Å². The average molecular weight is 442 g/mol. The Morgan fingerprint density at radius 1 is 1.19 bits per heavy atom. The van der Waals surface area contributed by atoms with Gasteiger partial charge in [-0.3, -0.25) is 14.9 Å². The zero-order chi connectivity index (χ0) is 23.3. The first-order valence-electron chi connectivity index (χ1n) is 8.63. The maximum Gasteiger partial charge on any atom is 0.416 e. The first kappa shape index (κ1) is 23.6. The summed E-state index contributed by atoms with van der Waals surface area (Å²) in [6.45, 7) is 0. The number of nitro benzene ring substituents is 1. The van der Waals surface area contributed by atoms with Crippen LogP contribution in [0.4, 0.5) is 18.9 Å². The van der Waals surface area contributed by atoms with E-state index in [9.17, 15) is 43.1 Å². The maximum absolute atomic E-state index is 12.6. The standard InChI is InChI=1S/C19H17F3N2O7/c1-31-15-7-6-13(24(29)30)8-11(15)9-14(18(27)28)23-17(26)16(25)10-2-4-12(5-3-10)19(20,21)22/h2-8,14,16,25H,9H2,1H3,(H,23,26)(H,27,28)/t14-,16-/m0/s1. The molecular weight excluding hydrogens is 425 g/mol. The number of halogens is 3. The van der Waals surface area contributed by atoms with Gasteiger partial charge in [0, 0.05) is 24.1 Å². The average Bonchev–Trinajstić information content (AvgIpc) is 2.71. The lowest BCUT2D eigenvalue weighted by Gasteiger charge is -2.19. The van der Waals surface area contributed by atoms with Gasteiger partial charge >= 0.3 is 12.1 Å². The molecule has 0 radical (unpaired) electrons.